The van der Waals surface area contributed by atoms with E-state index in [1.54, 1.807) is 6.07 Å². The van der Waals surface area contributed by atoms with Crippen molar-refractivity contribution in [1.82, 2.24) is 25.5 Å². The Morgan fingerprint density at radius 3 is 2.88 bits per heavy atom. The van der Waals surface area contributed by atoms with Crippen molar-refractivity contribution in [3.63, 3.8) is 0 Å². The summed E-state index contributed by atoms with van der Waals surface area (Å²) in [5.41, 5.74) is 4.01. The summed E-state index contributed by atoms with van der Waals surface area (Å²) in [5.74, 6) is 0.267. The van der Waals surface area contributed by atoms with Crippen LogP contribution in [-0.4, -0.2) is 32.7 Å². The maximum Gasteiger partial charge on any atom is 0.253 e. The minimum Gasteiger partial charge on any atom is -0.351 e. The van der Waals surface area contributed by atoms with Crippen LogP contribution in [0.15, 0.2) is 54.9 Å². The molecular weight excluding hydrogens is 314 g/mol. The van der Waals surface area contributed by atoms with E-state index >= 15 is 0 Å². The van der Waals surface area contributed by atoms with Crippen LogP contribution in [0.5, 0.6) is 0 Å². The SMILES string of the molecule is O=C(NCC1CCCc2ccccc21)c1ccccc1-n1cnnn1. The van der Waals surface area contributed by atoms with Gasteiger partial charge in [-0.25, -0.2) is 0 Å². The van der Waals surface area contributed by atoms with Crippen molar-refractivity contribution < 1.29 is 4.79 Å². The normalized spacial score (nSPS) is 16.2. The monoisotopic (exact) mass is 333 g/mol. The molecule has 0 spiro atoms. The Kier molecular flexibility index (Phi) is 4.24. The summed E-state index contributed by atoms with van der Waals surface area (Å²) in [6, 6.07) is 15.9. The molecule has 1 aliphatic carbocycles. The van der Waals surface area contributed by atoms with Gasteiger partial charge in [0.2, 0.25) is 0 Å². The van der Waals surface area contributed by atoms with Gasteiger partial charge in [-0.3, -0.25) is 4.79 Å². The number of benzene rings is 2. The van der Waals surface area contributed by atoms with Crippen molar-refractivity contribution in [2.24, 2.45) is 0 Å². The average Bonchev–Trinajstić information content (AvgIpc) is 3.21. The molecule has 0 aliphatic heterocycles. The fraction of sp³-hybridized carbons (Fsp3) is 0.263. The molecule has 1 aliphatic rings. The molecule has 0 fully saturated rings. The first-order valence-corrected chi connectivity index (χ1v) is 8.51. The third-order valence-electron chi connectivity index (χ3n) is 4.75. The topological polar surface area (TPSA) is 72.7 Å². The minimum absolute atomic E-state index is 0.103. The number of aryl methyl sites for hydroxylation is 1. The van der Waals surface area contributed by atoms with Crippen molar-refractivity contribution in [3.05, 3.63) is 71.5 Å². The highest BCUT2D eigenvalue weighted by Gasteiger charge is 2.21. The van der Waals surface area contributed by atoms with Crippen molar-refractivity contribution in [2.75, 3.05) is 6.54 Å². The summed E-state index contributed by atoms with van der Waals surface area (Å²) in [5, 5.41) is 14.3. The first-order valence-electron chi connectivity index (χ1n) is 8.51. The largest absolute Gasteiger partial charge is 0.351 e. The Balaban J connectivity index is 1.51. The number of hydrogen-bond acceptors (Lipinski definition) is 4. The molecule has 1 amide bonds. The Morgan fingerprint density at radius 2 is 2.00 bits per heavy atom. The van der Waals surface area contributed by atoms with Gasteiger partial charge in [0.25, 0.3) is 5.91 Å². The zero-order chi connectivity index (χ0) is 17.1. The Morgan fingerprint density at radius 1 is 1.16 bits per heavy atom. The second kappa shape index (κ2) is 6.84. The number of fused-ring (bicyclic) bond motifs is 1. The number of nitrogens with zero attached hydrogens (tertiary/aromatic N) is 4. The predicted octanol–water partition coefficient (Wildman–Crippen LogP) is 2.51. The van der Waals surface area contributed by atoms with E-state index in [9.17, 15) is 4.79 Å². The first-order chi connectivity index (χ1) is 12.3. The highest BCUT2D eigenvalue weighted by molar-refractivity contribution is 5.97. The highest BCUT2D eigenvalue weighted by atomic mass is 16.1. The van der Waals surface area contributed by atoms with E-state index in [4.69, 9.17) is 0 Å². The van der Waals surface area contributed by atoms with E-state index in [1.165, 1.54) is 28.6 Å². The van der Waals surface area contributed by atoms with E-state index in [-0.39, 0.29) is 5.91 Å². The zero-order valence-corrected chi connectivity index (χ0v) is 13.8. The lowest BCUT2D eigenvalue weighted by Crippen LogP contribution is -2.30. The number of carbonyl (C=O) groups excluding carboxylic acids is 1. The van der Waals surface area contributed by atoms with Crippen molar-refractivity contribution in [3.8, 4) is 5.69 Å². The molecule has 1 unspecified atom stereocenters. The quantitative estimate of drug-likeness (QED) is 0.796. The molecule has 4 rings (SSSR count). The molecule has 0 radical (unpaired) electrons. The Bertz CT molecular complexity index is 875. The highest BCUT2D eigenvalue weighted by Crippen LogP contribution is 2.30. The molecule has 0 saturated carbocycles. The van der Waals surface area contributed by atoms with Crippen LogP contribution in [0.4, 0.5) is 0 Å². The van der Waals surface area contributed by atoms with Gasteiger partial charge in [0.15, 0.2) is 0 Å². The second-order valence-corrected chi connectivity index (χ2v) is 6.27. The van der Waals surface area contributed by atoms with E-state index in [0.717, 1.165) is 12.8 Å². The number of para-hydroxylation sites is 1. The molecule has 6 nitrogen and oxygen atoms in total. The van der Waals surface area contributed by atoms with Gasteiger partial charge in [-0.05, 0) is 52.9 Å². The Labute approximate surface area is 145 Å². The number of hydrogen-bond donors (Lipinski definition) is 1. The maximum absolute atomic E-state index is 12.7. The fourth-order valence-electron chi connectivity index (χ4n) is 3.51. The van der Waals surface area contributed by atoms with E-state index < -0.39 is 0 Å². The van der Waals surface area contributed by atoms with Crippen molar-refractivity contribution in [1.29, 1.82) is 0 Å². The Hall–Kier alpha value is -3.02. The number of carbonyl (C=O) groups is 1. The molecule has 0 bridgehead atoms. The molecule has 1 atom stereocenters. The maximum atomic E-state index is 12.7. The van der Waals surface area contributed by atoms with Crippen molar-refractivity contribution in [2.45, 2.75) is 25.2 Å². The second-order valence-electron chi connectivity index (χ2n) is 6.27. The van der Waals surface area contributed by atoms with Gasteiger partial charge in [-0.1, -0.05) is 36.4 Å². The van der Waals surface area contributed by atoms with Crippen LogP contribution >= 0.6 is 0 Å². The zero-order valence-electron chi connectivity index (χ0n) is 13.8. The predicted molar refractivity (Wildman–Crippen MR) is 93.6 cm³/mol. The number of amides is 1. The smallest absolute Gasteiger partial charge is 0.253 e. The lowest BCUT2D eigenvalue weighted by atomic mass is 9.83. The molecular formula is C19H19N5O. The third-order valence-corrected chi connectivity index (χ3v) is 4.75. The summed E-state index contributed by atoms with van der Waals surface area (Å²) in [7, 11) is 0. The lowest BCUT2D eigenvalue weighted by Gasteiger charge is -2.25. The number of nitrogens with one attached hydrogen (secondary N) is 1. The van der Waals surface area contributed by atoms with Gasteiger partial charge < -0.3 is 5.32 Å². The average molecular weight is 333 g/mol. The molecule has 2 aromatic carbocycles. The standard InChI is InChI=1S/C19H19N5O/c25-19(17-10-3-4-11-18(17)24-13-21-22-23-24)20-12-15-8-5-7-14-6-1-2-9-16(14)15/h1-4,6,9-11,13,15H,5,7-8,12H2,(H,20,25). The molecule has 6 heteroatoms. The summed E-state index contributed by atoms with van der Waals surface area (Å²) in [6.07, 6.45) is 4.89. The van der Waals surface area contributed by atoms with E-state index in [1.807, 2.05) is 18.2 Å². The van der Waals surface area contributed by atoms with Crippen LogP contribution in [0.1, 0.15) is 40.2 Å². The number of rotatable bonds is 4. The fourth-order valence-corrected chi connectivity index (χ4v) is 3.51. The number of tetrazole rings is 1. The van der Waals surface area contributed by atoms with Crippen LogP contribution < -0.4 is 5.32 Å². The molecule has 0 saturated heterocycles. The van der Waals surface area contributed by atoms with E-state index in [2.05, 4.69) is 45.1 Å². The van der Waals surface area contributed by atoms with Crippen LogP contribution in [0.2, 0.25) is 0 Å². The molecule has 126 valence electrons. The van der Waals surface area contributed by atoms with Crippen LogP contribution in [0, 0.1) is 0 Å². The molecule has 25 heavy (non-hydrogen) atoms. The molecule has 1 aromatic heterocycles. The van der Waals surface area contributed by atoms with Gasteiger partial charge >= 0.3 is 0 Å². The van der Waals surface area contributed by atoms with Gasteiger partial charge in [0, 0.05) is 12.5 Å². The van der Waals surface area contributed by atoms with Gasteiger partial charge in [-0.2, -0.15) is 4.68 Å². The van der Waals surface area contributed by atoms with Gasteiger partial charge in [-0.15, -0.1) is 5.10 Å². The van der Waals surface area contributed by atoms with Crippen LogP contribution in [0.3, 0.4) is 0 Å². The van der Waals surface area contributed by atoms with Crippen LogP contribution in [0.25, 0.3) is 5.69 Å². The lowest BCUT2D eigenvalue weighted by molar-refractivity contribution is 0.0950. The minimum atomic E-state index is -0.103. The van der Waals surface area contributed by atoms with E-state index in [0.29, 0.717) is 23.7 Å². The summed E-state index contributed by atoms with van der Waals surface area (Å²) in [6.45, 7) is 0.639. The molecule has 1 N–H and O–H groups in total. The van der Waals surface area contributed by atoms with Gasteiger partial charge in [0.1, 0.15) is 6.33 Å². The van der Waals surface area contributed by atoms with Crippen molar-refractivity contribution >= 4 is 5.91 Å². The summed E-state index contributed by atoms with van der Waals surface area (Å²) >= 11 is 0. The summed E-state index contributed by atoms with van der Waals surface area (Å²) in [4.78, 5) is 12.7. The van der Waals surface area contributed by atoms with Crippen LogP contribution in [-0.2, 0) is 6.42 Å². The molecule has 1 heterocycles. The van der Waals surface area contributed by atoms with Gasteiger partial charge in [0.05, 0.1) is 11.3 Å². The number of aromatic nitrogens is 4. The summed E-state index contributed by atoms with van der Waals surface area (Å²) < 4.78 is 1.50. The third kappa shape index (κ3) is 3.15. The molecule has 3 aromatic rings. The first kappa shape index (κ1) is 15.5.